The summed E-state index contributed by atoms with van der Waals surface area (Å²) in [4.78, 5) is 28.7. The van der Waals surface area contributed by atoms with Crippen LogP contribution >= 0.6 is 0 Å². The molecule has 1 saturated heterocycles. The van der Waals surface area contributed by atoms with Gasteiger partial charge in [0.25, 0.3) is 0 Å². The van der Waals surface area contributed by atoms with E-state index in [1.165, 1.54) is 0 Å². The van der Waals surface area contributed by atoms with E-state index >= 15 is 0 Å². The lowest BCUT2D eigenvalue weighted by atomic mass is 9.78. The van der Waals surface area contributed by atoms with E-state index in [1.54, 1.807) is 4.90 Å². The maximum Gasteiger partial charge on any atom is 0.321 e. The summed E-state index contributed by atoms with van der Waals surface area (Å²) in [6.45, 7) is 6.28. The van der Waals surface area contributed by atoms with Gasteiger partial charge in [-0.25, -0.2) is 4.79 Å². The third-order valence-corrected chi connectivity index (χ3v) is 6.93. The van der Waals surface area contributed by atoms with E-state index in [1.807, 2.05) is 93.6 Å². The number of amides is 3. The highest BCUT2D eigenvalue weighted by atomic mass is 16.5. The number of hydrogen-bond acceptors (Lipinski definition) is 3. The number of carbonyl (C=O) groups is 2. The van der Waals surface area contributed by atoms with Crippen molar-refractivity contribution >= 4 is 17.6 Å². The predicted octanol–water partition coefficient (Wildman–Crippen LogP) is 4.98. The van der Waals surface area contributed by atoms with E-state index in [2.05, 4.69) is 10.6 Å². The second-order valence-corrected chi connectivity index (χ2v) is 9.29. The number of benzene rings is 3. The van der Waals surface area contributed by atoms with Crippen LogP contribution in [-0.4, -0.2) is 29.1 Å². The minimum atomic E-state index is -1.14. The van der Waals surface area contributed by atoms with Crippen LogP contribution in [0.3, 0.4) is 0 Å². The fourth-order valence-electron chi connectivity index (χ4n) is 5.17. The Balaban J connectivity index is 1.51. The number of ether oxygens (including phenoxy) is 1. The third-order valence-electron chi connectivity index (χ3n) is 6.93. The molecule has 0 spiro atoms. The zero-order chi connectivity index (χ0) is 23.9. The monoisotopic (exact) mass is 455 g/mol. The van der Waals surface area contributed by atoms with Crippen molar-refractivity contribution in [2.24, 2.45) is 5.92 Å². The summed E-state index contributed by atoms with van der Waals surface area (Å²) in [6, 6.07) is 22.8. The van der Waals surface area contributed by atoms with Crippen molar-refractivity contribution in [2.75, 3.05) is 11.9 Å². The standard InChI is InChI=1S/C28H29N3O3/c1-18-13-14-22(19(2)17-18)29-26(32)24-25-21-11-7-8-12-23(21)34-28(24,3)31(27(33)30-25)16-15-20-9-5-4-6-10-20/h4-14,17,24-25H,15-16H2,1-3H3,(H,29,32)(H,30,33). The molecule has 3 amide bonds. The Hall–Kier alpha value is -3.80. The minimum Gasteiger partial charge on any atom is -0.467 e. The lowest BCUT2D eigenvalue weighted by Crippen LogP contribution is -2.72. The number of nitrogens with one attached hydrogen (secondary N) is 2. The summed E-state index contributed by atoms with van der Waals surface area (Å²) >= 11 is 0. The normalized spacial score (nSPS) is 22.9. The van der Waals surface area contributed by atoms with E-state index in [0.29, 0.717) is 18.7 Å². The molecule has 6 nitrogen and oxygen atoms in total. The number of hydrogen-bond donors (Lipinski definition) is 2. The Morgan fingerprint density at radius 1 is 1.06 bits per heavy atom. The molecule has 0 aromatic heterocycles. The largest absolute Gasteiger partial charge is 0.467 e. The third kappa shape index (κ3) is 3.79. The molecule has 2 N–H and O–H groups in total. The quantitative estimate of drug-likeness (QED) is 0.570. The van der Waals surface area contributed by atoms with Crippen LogP contribution in [0.4, 0.5) is 10.5 Å². The highest BCUT2D eigenvalue weighted by Gasteiger charge is 2.59. The molecular formula is C28H29N3O3. The summed E-state index contributed by atoms with van der Waals surface area (Å²) in [5, 5.41) is 6.21. The lowest BCUT2D eigenvalue weighted by molar-refractivity contribution is -0.153. The molecule has 0 aliphatic carbocycles. The molecule has 6 heteroatoms. The molecule has 0 radical (unpaired) electrons. The van der Waals surface area contributed by atoms with Crippen molar-refractivity contribution in [2.45, 2.75) is 39.0 Å². The Kier molecular flexibility index (Phi) is 5.52. The number of nitrogens with zero attached hydrogens (tertiary/aromatic N) is 1. The fourth-order valence-corrected chi connectivity index (χ4v) is 5.17. The average molecular weight is 456 g/mol. The molecule has 2 aliphatic heterocycles. The van der Waals surface area contributed by atoms with Crippen molar-refractivity contribution in [1.29, 1.82) is 0 Å². The van der Waals surface area contributed by atoms with Crippen molar-refractivity contribution in [1.82, 2.24) is 10.2 Å². The molecule has 3 unspecified atom stereocenters. The van der Waals surface area contributed by atoms with Crippen molar-refractivity contribution in [3.63, 3.8) is 0 Å². The van der Waals surface area contributed by atoms with Gasteiger partial charge in [-0.05, 0) is 50.5 Å². The van der Waals surface area contributed by atoms with E-state index < -0.39 is 17.7 Å². The van der Waals surface area contributed by atoms with Gasteiger partial charge in [-0.2, -0.15) is 0 Å². The van der Waals surface area contributed by atoms with Crippen LogP contribution in [0.25, 0.3) is 0 Å². The number of urea groups is 1. The molecular weight excluding hydrogens is 426 g/mol. The first-order valence-corrected chi connectivity index (χ1v) is 11.6. The fraction of sp³-hybridized carbons (Fsp3) is 0.286. The molecule has 2 bridgehead atoms. The highest BCUT2D eigenvalue weighted by molar-refractivity contribution is 5.96. The molecule has 0 saturated carbocycles. The van der Waals surface area contributed by atoms with Gasteiger partial charge in [0.05, 0.1) is 6.04 Å². The molecule has 2 heterocycles. The summed E-state index contributed by atoms with van der Waals surface area (Å²) in [5.41, 5.74) is 3.68. The van der Waals surface area contributed by atoms with E-state index in [4.69, 9.17) is 4.74 Å². The lowest BCUT2D eigenvalue weighted by Gasteiger charge is -2.54. The van der Waals surface area contributed by atoms with Gasteiger partial charge in [-0.15, -0.1) is 0 Å². The Morgan fingerprint density at radius 2 is 1.79 bits per heavy atom. The van der Waals surface area contributed by atoms with Crippen molar-refractivity contribution in [3.8, 4) is 5.75 Å². The van der Waals surface area contributed by atoms with Crippen LogP contribution in [0.1, 0.15) is 35.2 Å². The Labute approximate surface area is 199 Å². The number of aryl methyl sites for hydroxylation is 2. The van der Waals surface area contributed by atoms with Crippen LogP contribution in [0, 0.1) is 19.8 Å². The molecule has 174 valence electrons. The van der Waals surface area contributed by atoms with Gasteiger partial charge in [0.1, 0.15) is 11.7 Å². The molecule has 3 aromatic carbocycles. The van der Waals surface area contributed by atoms with Gasteiger partial charge in [-0.3, -0.25) is 9.69 Å². The number of anilines is 1. The van der Waals surface area contributed by atoms with Crippen LogP contribution in [0.2, 0.25) is 0 Å². The first kappa shape index (κ1) is 22.0. The first-order chi connectivity index (χ1) is 16.4. The summed E-state index contributed by atoms with van der Waals surface area (Å²) in [7, 11) is 0. The zero-order valence-corrected chi connectivity index (χ0v) is 19.7. The SMILES string of the molecule is Cc1ccc(NC(=O)C2C3NC(=O)N(CCc4ccccc4)C2(C)Oc2ccccc23)c(C)c1. The number of carbonyl (C=O) groups excluding carboxylic acids is 2. The first-order valence-electron chi connectivity index (χ1n) is 11.6. The zero-order valence-electron chi connectivity index (χ0n) is 19.7. The maximum absolute atomic E-state index is 13.8. The summed E-state index contributed by atoms with van der Waals surface area (Å²) in [5.74, 6) is -0.134. The topological polar surface area (TPSA) is 70.7 Å². The second kappa shape index (κ2) is 8.52. The van der Waals surface area contributed by atoms with Crippen LogP contribution in [0.15, 0.2) is 72.8 Å². The van der Waals surface area contributed by atoms with E-state index in [9.17, 15) is 9.59 Å². The van der Waals surface area contributed by atoms with Gasteiger partial charge < -0.3 is 15.4 Å². The van der Waals surface area contributed by atoms with Gasteiger partial charge >= 0.3 is 6.03 Å². The van der Waals surface area contributed by atoms with Crippen LogP contribution < -0.4 is 15.4 Å². The maximum atomic E-state index is 13.8. The predicted molar refractivity (Wildman–Crippen MR) is 132 cm³/mol. The average Bonchev–Trinajstić information content (AvgIpc) is 2.81. The van der Waals surface area contributed by atoms with Crippen molar-refractivity contribution in [3.05, 3.63) is 95.1 Å². The number of rotatable bonds is 5. The van der Waals surface area contributed by atoms with Gasteiger partial charge in [0, 0.05) is 17.8 Å². The van der Waals surface area contributed by atoms with Crippen LogP contribution in [-0.2, 0) is 11.2 Å². The number of fused-ring (bicyclic) bond motifs is 4. The van der Waals surface area contributed by atoms with E-state index in [-0.39, 0.29) is 11.9 Å². The van der Waals surface area contributed by atoms with E-state index in [0.717, 1.165) is 27.9 Å². The smallest absolute Gasteiger partial charge is 0.321 e. The Bertz CT molecular complexity index is 1240. The molecule has 5 rings (SSSR count). The molecule has 3 atom stereocenters. The van der Waals surface area contributed by atoms with Gasteiger partial charge in [0.15, 0.2) is 5.72 Å². The van der Waals surface area contributed by atoms with Crippen LogP contribution in [0.5, 0.6) is 5.75 Å². The number of para-hydroxylation sites is 1. The Morgan fingerprint density at radius 3 is 2.56 bits per heavy atom. The van der Waals surface area contributed by atoms with Crippen molar-refractivity contribution < 1.29 is 14.3 Å². The molecule has 3 aromatic rings. The highest BCUT2D eigenvalue weighted by Crippen LogP contribution is 2.48. The molecule has 2 aliphatic rings. The molecule has 34 heavy (non-hydrogen) atoms. The summed E-state index contributed by atoms with van der Waals surface area (Å²) < 4.78 is 6.49. The second-order valence-electron chi connectivity index (χ2n) is 9.29. The molecule has 1 fully saturated rings. The minimum absolute atomic E-state index is 0.182. The van der Waals surface area contributed by atoms with Gasteiger partial charge in [0.2, 0.25) is 5.91 Å². The van der Waals surface area contributed by atoms with Gasteiger partial charge in [-0.1, -0.05) is 66.2 Å². The summed E-state index contributed by atoms with van der Waals surface area (Å²) in [6.07, 6.45) is 0.658.